The van der Waals surface area contributed by atoms with Gasteiger partial charge in [-0.3, -0.25) is 0 Å². The molecule has 0 spiro atoms. The molecule has 3 heteroatoms. The quantitative estimate of drug-likeness (QED) is 0.717. The van der Waals surface area contributed by atoms with Crippen molar-refractivity contribution in [3.63, 3.8) is 0 Å². The third-order valence-electron chi connectivity index (χ3n) is 3.31. The Morgan fingerprint density at radius 1 is 1.10 bits per heavy atom. The van der Waals surface area contributed by atoms with Gasteiger partial charge in [-0.15, -0.1) is 0 Å². The van der Waals surface area contributed by atoms with Gasteiger partial charge in [0.15, 0.2) is 0 Å². The SMILES string of the molecule is CC(C)CNCC(Cc1cc(F)ccc1Cl)CC(C)C. The minimum Gasteiger partial charge on any atom is -0.316 e. The van der Waals surface area contributed by atoms with Gasteiger partial charge >= 0.3 is 0 Å². The maximum absolute atomic E-state index is 13.3. The van der Waals surface area contributed by atoms with E-state index in [1.165, 1.54) is 6.07 Å². The maximum atomic E-state index is 13.3. The van der Waals surface area contributed by atoms with E-state index in [2.05, 4.69) is 33.0 Å². The lowest BCUT2D eigenvalue weighted by Gasteiger charge is -2.21. The number of hydrogen-bond acceptors (Lipinski definition) is 1. The van der Waals surface area contributed by atoms with Gasteiger partial charge in [0.2, 0.25) is 0 Å². The normalized spacial score (nSPS) is 13.2. The zero-order chi connectivity index (χ0) is 15.1. The second kappa shape index (κ2) is 8.63. The monoisotopic (exact) mass is 299 g/mol. The average molecular weight is 300 g/mol. The highest BCUT2D eigenvalue weighted by Crippen LogP contribution is 2.23. The van der Waals surface area contributed by atoms with Crippen molar-refractivity contribution >= 4 is 11.6 Å². The largest absolute Gasteiger partial charge is 0.316 e. The van der Waals surface area contributed by atoms with E-state index >= 15 is 0 Å². The molecule has 0 aliphatic rings. The molecule has 1 nitrogen and oxygen atoms in total. The van der Waals surface area contributed by atoms with Crippen LogP contribution in [0.4, 0.5) is 4.39 Å². The summed E-state index contributed by atoms with van der Waals surface area (Å²) in [7, 11) is 0. The second-order valence-electron chi connectivity index (χ2n) is 6.49. The van der Waals surface area contributed by atoms with Crippen molar-refractivity contribution in [1.29, 1.82) is 0 Å². The molecule has 0 saturated heterocycles. The summed E-state index contributed by atoms with van der Waals surface area (Å²) in [5.41, 5.74) is 0.920. The van der Waals surface area contributed by atoms with Crippen LogP contribution < -0.4 is 5.32 Å². The lowest BCUT2D eigenvalue weighted by Crippen LogP contribution is -2.28. The molecule has 0 amide bonds. The first-order valence-electron chi connectivity index (χ1n) is 7.53. The van der Waals surface area contributed by atoms with Crippen LogP contribution in [-0.4, -0.2) is 13.1 Å². The highest BCUT2D eigenvalue weighted by molar-refractivity contribution is 6.31. The first kappa shape index (κ1) is 17.5. The Kier molecular flexibility index (Phi) is 7.53. The molecule has 114 valence electrons. The Morgan fingerprint density at radius 3 is 2.40 bits per heavy atom. The first-order chi connectivity index (χ1) is 9.38. The summed E-state index contributed by atoms with van der Waals surface area (Å²) in [4.78, 5) is 0. The zero-order valence-corrected chi connectivity index (χ0v) is 13.8. The Bertz CT molecular complexity index is 404. The van der Waals surface area contributed by atoms with E-state index in [4.69, 9.17) is 11.6 Å². The molecule has 1 aromatic rings. The number of rotatable bonds is 8. The van der Waals surface area contributed by atoms with E-state index in [0.717, 1.165) is 31.5 Å². The van der Waals surface area contributed by atoms with Crippen LogP contribution in [0, 0.1) is 23.6 Å². The molecule has 0 saturated carbocycles. The number of halogens is 2. The van der Waals surface area contributed by atoms with Crippen molar-refractivity contribution < 1.29 is 4.39 Å². The molecule has 0 aliphatic carbocycles. The van der Waals surface area contributed by atoms with Crippen LogP contribution in [0.15, 0.2) is 18.2 Å². The Labute approximate surface area is 127 Å². The summed E-state index contributed by atoms with van der Waals surface area (Å²) < 4.78 is 13.3. The lowest BCUT2D eigenvalue weighted by molar-refractivity contribution is 0.376. The fourth-order valence-electron chi connectivity index (χ4n) is 2.49. The van der Waals surface area contributed by atoms with E-state index in [1.54, 1.807) is 12.1 Å². The Hall–Kier alpha value is -0.600. The molecule has 0 aliphatic heterocycles. The van der Waals surface area contributed by atoms with Gasteiger partial charge in [-0.05, 0) is 67.4 Å². The van der Waals surface area contributed by atoms with Crippen molar-refractivity contribution in [1.82, 2.24) is 5.32 Å². The van der Waals surface area contributed by atoms with Crippen LogP contribution >= 0.6 is 11.6 Å². The van der Waals surface area contributed by atoms with Crippen molar-refractivity contribution in [2.75, 3.05) is 13.1 Å². The Balaban J connectivity index is 2.65. The van der Waals surface area contributed by atoms with Crippen LogP contribution in [0.3, 0.4) is 0 Å². The molecular weight excluding hydrogens is 273 g/mol. The van der Waals surface area contributed by atoms with Crippen LogP contribution in [0.1, 0.15) is 39.7 Å². The maximum Gasteiger partial charge on any atom is 0.123 e. The summed E-state index contributed by atoms with van der Waals surface area (Å²) in [6, 6.07) is 4.64. The molecule has 20 heavy (non-hydrogen) atoms. The second-order valence-corrected chi connectivity index (χ2v) is 6.89. The molecule has 1 unspecified atom stereocenters. The molecule has 0 aromatic heterocycles. The fraction of sp³-hybridized carbons (Fsp3) is 0.647. The summed E-state index contributed by atoms with van der Waals surface area (Å²) in [5, 5.41) is 4.18. The predicted molar refractivity (Wildman–Crippen MR) is 85.8 cm³/mol. The van der Waals surface area contributed by atoms with E-state index < -0.39 is 0 Å². The van der Waals surface area contributed by atoms with Crippen molar-refractivity contribution in [3.05, 3.63) is 34.6 Å². The minimum atomic E-state index is -0.206. The van der Waals surface area contributed by atoms with Crippen molar-refractivity contribution in [2.45, 2.75) is 40.5 Å². The highest BCUT2D eigenvalue weighted by atomic mass is 35.5. The molecular formula is C17H27ClFN. The van der Waals surface area contributed by atoms with Crippen molar-refractivity contribution in [2.24, 2.45) is 17.8 Å². The third kappa shape index (κ3) is 6.71. The van der Waals surface area contributed by atoms with Gasteiger partial charge in [0.25, 0.3) is 0 Å². The number of hydrogen-bond donors (Lipinski definition) is 1. The van der Waals surface area contributed by atoms with Gasteiger partial charge in [-0.25, -0.2) is 4.39 Å². The molecule has 1 N–H and O–H groups in total. The van der Waals surface area contributed by atoms with Crippen LogP contribution in [-0.2, 0) is 6.42 Å². The standard InChI is InChI=1S/C17H27ClFN/c1-12(2)7-14(11-20-10-13(3)4)8-15-9-16(19)5-6-17(15)18/h5-6,9,12-14,20H,7-8,10-11H2,1-4H3. The first-order valence-corrected chi connectivity index (χ1v) is 7.91. The average Bonchev–Trinajstić information content (AvgIpc) is 2.32. The van der Waals surface area contributed by atoms with Gasteiger partial charge in [0.1, 0.15) is 5.82 Å². The van der Waals surface area contributed by atoms with E-state index in [0.29, 0.717) is 22.8 Å². The lowest BCUT2D eigenvalue weighted by atomic mass is 9.90. The molecule has 0 radical (unpaired) electrons. The summed E-state index contributed by atoms with van der Waals surface area (Å²) in [6.07, 6.45) is 1.96. The third-order valence-corrected chi connectivity index (χ3v) is 3.68. The topological polar surface area (TPSA) is 12.0 Å². The smallest absolute Gasteiger partial charge is 0.123 e. The van der Waals surface area contributed by atoms with Gasteiger partial charge < -0.3 is 5.32 Å². The number of benzene rings is 1. The van der Waals surface area contributed by atoms with Gasteiger partial charge in [0, 0.05) is 5.02 Å². The van der Waals surface area contributed by atoms with E-state index in [9.17, 15) is 4.39 Å². The minimum absolute atomic E-state index is 0.206. The summed E-state index contributed by atoms with van der Waals surface area (Å²) in [6.45, 7) is 10.8. The van der Waals surface area contributed by atoms with E-state index in [1.807, 2.05) is 0 Å². The summed E-state index contributed by atoms with van der Waals surface area (Å²) >= 11 is 6.17. The molecule has 0 bridgehead atoms. The highest BCUT2D eigenvalue weighted by Gasteiger charge is 2.14. The van der Waals surface area contributed by atoms with Crippen LogP contribution in [0.5, 0.6) is 0 Å². The van der Waals surface area contributed by atoms with Crippen LogP contribution in [0.2, 0.25) is 5.02 Å². The fourth-order valence-corrected chi connectivity index (χ4v) is 2.69. The number of nitrogens with one attached hydrogen (secondary N) is 1. The zero-order valence-electron chi connectivity index (χ0n) is 13.0. The van der Waals surface area contributed by atoms with E-state index in [-0.39, 0.29) is 5.82 Å². The molecule has 1 aromatic carbocycles. The summed E-state index contributed by atoms with van der Waals surface area (Å²) in [5.74, 6) is 1.57. The van der Waals surface area contributed by atoms with Crippen molar-refractivity contribution in [3.8, 4) is 0 Å². The Morgan fingerprint density at radius 2 is 1.80 bits per heavy atom. The molecule has 0 heterocycles. The molecule has 1 atom stereocenters. The molecule has 0 fully saturated rings. The van der Waals surface area contributed by atoms with Gasteiger partial charge in [-0.2, -0.15) is 0 Å². The predicted octanol–water partition coefficient (Wildman–Crippen LogP) is 4.93. The van der Waals surface area contributed by atoms with Crippen LogP contribution in [0.25, 0.3) is 0 Å². The van der Waals surface area contributed by atoms with Gasteiger partial charge in [-0.1, -0.05) is 39.3 Å². The van der Waals surface area contributed by atoms with Gasteiger partial charge in [0.05, 0.1) is 0 Å². The molecule has 1 rings (SSSR count).